The molecule has 2 atom stereocenters. The number of carbonyl (C=O) groups excluding carboxylic acids is 1. The van der Waals surface area contributed by atoms with Crippen molar-refractivity contribution in [2.75, 3.05) is 5.75 Å². The lowest BCUT2D eigenvalue weighted by atomic mass is 10.1. The summed E-state index contributed by atoms with van der Waals surface area (Å²) in [6.45, 7) is 2.10. The van der Waals surface area contributed by atoms with E-state index in [4.69, 9.17) is 5.11 Å². The van der Waals surface area contributed by atoms with Crippen molar-refractivity contribution >= 4 is 17.7 Å². The van der Waals surface area contributed by atoms with Crippen LogP contribution in [-0.4, -0.2) is 28.1 Å². The second-order valence-corrected chi connectivity index (χ2v) is 6.18. The second-order valence-electron chi connectivity index (χ2n) is 4.67. The minimum absolute atomic E-state index is 0.00931. The third kappa shape index (κ3) is 3.41. The molecule has 19 heavy (non-hydrogen) atoms. The smallest absolute Gasteiger partial charge is 0.254 e. The molecule has 1 amide bonds. The zero-order chi connectivity index (χ0) is 13.8. The number of aromatic hydroxyl groups is 1. The third-order valence-corrected chi connectivity index (χ3v) is 4.67. The summed E-state index contributed by atoms with van der Waals surface area (Å²) < 4.78 is 13.6. The third-order valence-electron chi connectivity index (χ3n) is 3.35. The number of halogens is 1. The van der Waals surface area contributed by atoms with Gasteiger partial charge in [-0.15, -0.1) is 0 Å². The van der Waals surface area contributed by atoms with E-state index in [0.717, 1.165) is 31.1 Å². The SMILES string of the molecule is CCSC1CCCC1NC(=O)c1ccc(O)cc1F. The molecule has 2 N–H and O–H groups in total. The molecule has 0 radical (unpaired) electrons. The molecular weight excluding hydrogens is 265 g/mol. The Morgan fingerprint density at radius 1 is 1.53 bits per heavy atom. The Balaban J connectivity index is 2.04. The van der Waals surface area contributed by atoms with E-state index in [-0.39, 0.29) is 17.4 Å². The lowest BCUT2D eigenvalue weighted by Crippen LogP contribution is -2.39. The Bertz CT molecular complexity index is 467. The Hall–Kier alpha value is -1.23. The molecule has 1 saturated carbocycles. The van der Waals surface area contributed by atoms with Crippen LogP contribution >= 0.6 is 11.8 Å². The van der Waals surface area contributed by atoms with E-state index in [9.17, 15) is 9.18 Å². The van der Waals surface area contributed by atoms with Gasteiger partial charge in [0.05, 0.1) is 5.56 Å². The van der Waals surface area contributed by atoms with Gasteiger partial charge in [0.15, 0.2) is 0 Å². The molecule has 1 aliphatic carbocycles. The number of benzene rings is 1. The fourth-order valence-corrected chi connectivity index (χ4v) is 3.64. The summed E-state index contributed by atoms with van der Waals surface area (Å²) in [7, 11) is 0. The van der Waals surface area contributed by atoms with E-state index in [1.54, 1.807) is 0 Å². The highest BCUT2D eigenvalue weighted by molar-refractivity contribution is 7.99. The minimum Gasteiger partial charge on any atom is -0.508 e. The average molecular weight is 283 g/mol. The number of rotatable bonds is 4. The molecule has 2 unspecified atom stereocenters. The van der Waals surface area contributed by atoms with Crippen LogP contribution in [0.3, 0.4) is 0 Å². The van der Waals surface area contributed by atoms with Crippen LogP contribution in [0.5, 0.6) is 5.75 Å². The van der Waals surface area contributed by atoms with E-state index in [1.807, 2.05) is 11.8 Å². The molecule has 3 nitrogen and oxygen atoms in total. The first-order valence-corrected chi connectivity index (χ1v) is 7.57. The van der Waals surface area contributed by atoms with Crippen molar-refractivity contribution in [3.8, 4) is 5.75 Å². The van der Waals surface area contributed by atoms with Crippen molar-refractivity contribution in [1.82, 2.24) is 5.32 Å². The van der Waals surface area contributed by atoms with E-state index in [0.29, 0.717) is 5.25 Å². The minimum atomic E-state index is -0.685. The predicted octanol–water partition coefficient (Wildman–Crippen LogP) is 2.94. The maximum Gasteiger partial charge on any atom is 0.254 e. The zero-order valence-electron chi connectivity index (χ0n) is 10.9. The van der Waals surface area contributed by atoms with Gasteiger partial charge in [0.1, 0.15) is 11.6 Å². The molecule has 2 rings (SSSR count). The molecule has 1 aromatic carbocycles. The van der Waals surface area contributed by atoms with E-state index in [2.05, 4.69) is 12.2 Å². The number of phenolic OH excluding ortho intramolecular Hbond substituents is 1. The molecule has 0 heterocycles. The topological polar surface area (TPSA) is 49.3 Å². The fourth-order valence-electron chi connectivity index (χ4n) is 2.44. The molecule has 5 heteroatoms. The summed E-state index contributed by atoms with van der Waals surface area (Å²) in [5, 5.41) is 12.5. The maximum atomic E-state index is 13.6. The molecular formula is C14H18FNO2S. The van der Waals surface area contributed by atoms with Gasteiger partial charge in [0.2, 0.25) is 0 Å². The summed E-state index contributed by atoms with van der Waals surface area (Å²) in [6.07, 6.45) is 3.14. The highest BCUT2D eigenvalue weighted by atomic mass is 32.2. The van der Waals surface area contributed by atoms with Crippen molar-refractivity contribution in [2.45, 2.75) is 37.5 Å². The van der Waals surface area contributed by atoms with Gasteiger partial charge in [-0.05, 0) is 30.7 Å². The summed E-state index contributed by atoms with van der Waals surface area (Å²) in [6, 6.07) is 3.72. The van der Waals surface area contributed by atoms with Crippen LogP contribution in [-0.2, 0) is 0 Å². The van der Waals surface area contributed by atoms with Crippen LogP contribution in [0.4, 0.5) is 4.39 Å². The monoisotopic (exact) mass is 283 g/mol. The molecule has 104 valence electrons. The van der Waals surface area contributed by atoms with Gasteiger partial charge in [-0.2, -0.15) is 11.8 Å². The van der Waals surface area contributed by atoms with Crippen LogP contribution in [0.25, 0.3) is 0 Å². The quantitative estimate of drug-likeness (QED) is 0.893. The Labute approximate surface area is 116 Å². The first-order valence-electron chi connectivity index (χ1n) is 6.52. The van der Waals surface area contributed by atoms with Crippen molar-refractivity contribution in [2.24, 2.45) is 0 Å². The number of carbonyl (C=O) groups is 1. The lowest BCUT2D eigenvalue weighted by Gasteiger charge is -2.20. The van der Waals surface area contributed by atoms with Crippen molar-refractivity contribution in [3.05, 3.63) is 29.6 Å². The number of nitrogens with one attached hydrogen (secondary N) is 1. The number of hydrogen-bond donors (Lipinski definition) is 2. The summed E-state index contributed by atoms with van der Waals surface area (Å²) in [5.41, 5.74) is -0.00931. The van der Waals surface area contributed by atoms with Gasteiger partial charge in [-0.3, -0.25) is 4.79 Å². The number of hydrogen-bond acceptors (Lipinski definition) is 3. The molecule has 1 fully saturated rings. The first-order chi connectivity index (χ1) is 9.11. The number of amides is 1. The lowest BCUT2D eigenvalue weighted by molar-refractivity contribution is 0.0934. The molecule has 0 spiro atoms. The molecule has 0 aromatic heterocycles. The molecule has 0 aliphatic heterocycles. The van der Waals surface area contributed by atoms with Crippen molar-refractivity contribution in [1.29, 1.82) is 0 Å². The van der Waals surface area contributed by atoms with E-state index in [1.165, 1.54) is 12.1 Å². The van der Waals surface area contributed by atoms with E-state index < -0.39 is 11.7 Å². The average Bonchev–Trinajstić information content (AvgIpc) is 2.77. The van der Waals surface area contributed by atoms with Crippen LogP contribution < -0.4 is 5.32 Å². The number of thioether (sulfide) groups is 1. The Morgan fingerprint density at radius 2 is 2.32 bits per heavy atom. The summed E-state index contributed by atoms with van der Waals surface area (Å²) >= 11 is 1.84. The van der Waals surface area contributed by atoms with Crippen LogP contribution in [0, 0.1) is 5.82 Å². The van der Waals surface area contributed by atoms with Crippen molar-refractivity contribution < 1.29 is 14.3 Å². The maximum absolute atomic E-state index is 13.6. The van der Waals surface area contributed by atoms with Gasteiger partial charge in [0, 0.05) is 17.4 Å². The molecule has 1 aromatic rings. The van der Waals surface area contributed by atoms with Crippen LogP contribution in [0.1, 0.15) is 36.5 Å². The van der Waals surface area contributed by atoms with Crippen LogP contribution in [0.15, 0.2) is 18.2 Å². The van der Waals surface area contributed by atoms with Gasteiger partial charge >= 0.3 is 0 Å². The predicted molar refractivity (Wildman–Crippen MR) is 75.1 cm³/mol. The summed E-state index contributed by atoms with van der Waals surface area (Å²) in [4.78, 5) is 12.0. The highest BCUT2D eigenvalue weighted by Crippen LogP contribution is 2.30. The molecule has 1 aliphatic rings. The highest BCUT2D eigenvalue weighted by Gasteiger charge is 2.29. The Morgan fingerprint density at radius 3 is 3.00 bits per heavy atom. The van der Waals surface area contributed by atoms with Gasteiger partial charge in [-0.25, -0.2) is 4.39 Å². The summed E-state index contributed by atoms with van der Waals surface area (Å²) in [5.74, 6) is -0.236. The standard InChI is InChI=1S/C14H18FNO2S/c1-2-19-13-5-3-4-12(13)16-14(18)10-7-6-9(17)8-11(10)15/h6-8,12-13,17H,2-5H2,1H3,(H,16,18). The van der Waals surface area contributed by atoms with Gasteiger partial charge < -0.3 is 10.4 Å². The molecule has 0 bridgehead atoms. The van der Waals surface area contributed by atoms with Gasteiger partial charge in [0.25, 0.3) is 5.91 Å². The number of phenols is 1. The van der Waals surface area contributed by atoms with Gasteiger partial charge in [-0.1, -0.05) is 13.3 Å². The first kappa shape index (κ1) is 14.2. The molecule has 0 saturated heterocycles. The second kappa shape index (κ2) is 6.28. The van der Waals surface area contributed by atoms with Crippen LogP contribution in [0.2, 0.25) is 0 Å². The zero-order valence-corrected chi connectivity index (χ0v) is 11.7. The normalized spacial score (nSPS) is 22.4. The Kier molecular flexibility index (Phi) is 4.69. The van der Waals surface area contributed by atoms with E-state index >= 15 is 0 Å². The van der Waals surface area contributed by atoms with Crippen molar-refractivity contribution in [3.63, 3.8) is 0 Å². The fraction of sp³-hybridized carbons (Fsp3) is 0.500. The largest absolute Gasteiger partial charge is 0.508 e.